The lowest BCUT2D eigenvalue weighted by molar-refractivity contribution is -0.133. The van der Waals surface area contributed by atoms with Crippen LogP contribution in [0.25, 0.3) is 10.7 Å². The fourth-order valence-electron chi connectivity index (χ4n) is 1.98. The Morgan fingerprint density at radius 1 is 1.33 bits per heavy atom. The Kier molecular flexibility index (Phi) is 4.38. The van der Waals surface area contributed by atoms with Gasteiger partial charge in [-0.05, 0) is 34.6 Å². The average Bonchev–Trinajstić information content (AvgIpc) is 2.88. The first-order chi connectivity index (χ1) is 9.70. The number of hydrogen-bond acceptors (Lipinski definition) is 6. The standard InChI is InChI=1S/C13H18N4O2S2/c1-7-10(21-8(2)14-7)11-15-16-12(20-6-9(18)19)17(11)13(3,4)5/h6H2,1-5H3,(H,18,19). The first-order valence-electron chi connectivity index (χ1n) is 6.45. The first kappa shape index (κ1) is 16.0. The van der Waals surface area contributed by atoms with Crippen molar-refractivity contribution in [3.8, 4) is 10.7 Å². The number of aryl methyl sites for hydroxylation is 2. The van der Waals surface area contributed by atoms with Crippen molar-refractivity contribution in [1.29, 1.82) is 0 Å². The molecule has 0 aliphatic rings. The number of carbonyl (C=O) groups is 1. The van der Waals surface area contributed by atoms with Gasteiger partial charge in [0.15, 0.2) is 11.0 Å². The molecule has 2 rings (SSSR count). The van der Waals surface area contributed by atoms with Crippen LogP contribution in [-0.2, 0) is 10.3 Å². The van der Waals surface area contributed by atoms with Crippen LogP contribution in [0.3, 0.4) is 0 Å². The third-order valence-electron chi connectivity index (χ3n) is 2.74. The van der Waals surface area contributed by atoms with Gasteiger partial charge >= 0.3 is 5.97 Å². The van der Waals surface area contributed by atoms with Gasteiger partial charge in [0.05, 0.1) is 21.3 Å². The number of thiazole rings is 1. The second kappa shape index (κ2) is 5.76. The Morgan fingerprint density at radius 2 is 2.00 bits per heavy atom. The summed E-state index contributed by atoms with van der Waals surface area (Å²) < 4.78 is 1.99. The Labute approximate surface area is 131 Å². The number of thioether (sulfide) groups is 1. The molecule has 0 unspecified atom stereocenters. The van der Waals surface area contributed by atoms with E-state index in [1.54, 1.807) is 11.3 Å². The van der Waals surface area contributed by atoms with Gasteiger partial charge in [-0.2, -0.15) is 0 Å². The third-order valence-corrected chi connectivity index (χ3v) is 4.72. The van der Waals surface area contributed by atoms with Crippen LogP contribution in [0.5, 0.6) is 0 Å². The normalized spacial score (nSPS) is 11.9. The Balaban J connectivity index is 2.52. The van der Waals surface area contributed by atoms with Crippen LogP contribution >= 0.6 is 23.1 Å². The summed E-state index contributed by atoms with van der Waals surface area (Å²) in [6.45, 7) is 10.1. The van der Waals surface area contributed by atoms with Crippen LogP contribution in [0, 0.1) is 13.8 Å². The summed E-state index contributed by atoms with van der Waals surface area (Å²) in [5.74, 6) is -0.150. The maximum Gasteiger partial charge on any atom is 0.313 e. The number of aliphatic carboxylic acids is 1. The summed E-state index contributed by atoms with van der Waals surface area (Å²) in [6, 6.07) is 0. The number of carboxylic acid groups (broad SMARTS) is 1. The van der Waals surface area contributed by atoms with Crippen LogP contribution in [0.1, 0.15) is 31.5 Å². The van der Waals surface area contributed by atoms with E-state index in [9.17, 15) is 4.79 Å². The second-order valence-electron chi connectivity index (χ2n) is 5.64. The topological polar surface area (TPSA) is 80.9 Å². The van der Waals surface area contributed by atoms with E-state index in [1.165, 1.54) is 11.8 Å². The Morgan fingerprint density at radius 3 is 2.48 bits per heavy atom. The molecule has 0 amide bonds. The molecule has 8 heteroatoms. The molecule has 2 heterocycles. The number of hydrogen-bond donors (Lipinski definition) is 1. The van der Waals surface area contributed by atoms with E-state index in [2.05, 4.69) is 15.2 Å². The van der Waals surface area contributed by atoms with Crippen molar-refractivity contribution >= 4 is 29.1 Å². The number of carboxylic acids is 1. The molecule has 0 aromatic carbocycles. The van der Waals surface area contributed by atoms with E-state index in [-0.39, 0.29) is 11.3 Å². The van der Waals surface area contributed by atoms with Gasteiger partial charge in [-0.15, -0.1) is 21.5 Å². The minimum Gasteiger partial charge on any atom is -0.481 e. The summed E-state index contributed by atoms with van der Waals surface area (Å²) >= 11 is 2.76. The lowest BCUT2D eigenvalue weighted by atomic mass is 10.1. The Bertz CT molecular complexity index is 670. The van der Waals surface area contributed by atoms with E-state index in [0.717, 1.165) is 21.4 Å². The highest BCUT2D eigenvalue weighted by Gasteiger charge is 2.26. The third kappa shape index (κ3) is 3.44. The van der Waals surface area contributed by atoms with Crippen molar-refractivity contribution in [3.63, 3.8) is 0 Å². The van der Waals surface area contributed by atoms with Gasteiger partial charge in [-0.25, -0.2) is 4.98 Å². The Hall–Kier alpha value is -1.41. The molecule has 2 aromatic heterocycles. The molecule has 1 N–H and O–H groups in total. The van der Waals surface area contributed by atoms with Crippen LogP contribution in [-0.4, -0.2) is 36.6 Å². The average molecular weight is 326 g/mol. The second-order valence-corrected chi connectivity index (χ2v) is 7.79. The monoisotopic (exact) mass is 326 g/mol. The minimum atomic E-state index is -0.866. The zero-order valence-corrected chi connectivity index (χ0v) is 14.3. The van der Waals surface area contributed by atoms with Gasteiger partial charge in [0.1, 0.15) is 0 Å². The molecule has 114 valence electrons. The number of aromatic nitrogens is 4. The molecular formula is C13H18N4O2S2. The summed E-state index contributed by atoms with van der Waals surface area (Å²) in [6.07, 6.45) is 0. The maximum atomic E-state index is 10.8. The van der Waals surface area contributed by atoms with Crippen LogP contribution in [0.2, 0.25) is 0 Å². The molecule has 0 atom stereocenters. The molecule has 0 aliphatic heterocycles. The summed E-state index contributed by atoms with van der Waals surface area (Å²) in [5, 5.41) is 18.9. The summed E-state index contributed by atoms with van der Waals surface area (Å²) in [4.78, 5) is 16.2. The zero-order valence-electron chi connectivity index (χ0n) is 12.7. The lowest BCUT2D eigenvalue weighted by Crippen LogP contribution is -2.24. The first-order valence-corrected chi connectivity index (χ1v) is 8.25. The molecule has 0 saturated heterocycles. The fraction of sp³-hybridized carbons (Fsp3) is 0.538. The quantitative estimate of drug-likeness (QED) is 0.870. The predicted molar refractivity (Wildman–Crippen MR) is 84.0 cm³/mol. The zero-order chi connectivity index (χ0) is 15.8. The van der Waals surface area contributed by atoms with E-state index in [1.807, 2.05) is 39.2 Å². The number of nitrogens with zero attached hydrogens (tertiary/aromatic N) is 4. The molecule has 0 bridgehead atoms. The van der Waals surface area contributed by atoms with Crippen LogP contribution < -0.4 is 0 Å². The van der Waals surface area contributed by atoms with Gasteiger partial charge in [0, 0.05) is 5.54 Å². The van der Waals surface area contributed by atoms with E-state index in [0.29, 0.717) is 5.16 Å². The summed E-state index contributed by atoms with van der Waals surface area (Å²) in [5.41, 5.74) is 0.675. The molecule has 6 nitrogen and oxygen atoms in total. The molecule has 0 saturated carbocycles. The van der Waals surface area contributed by atoms with Crippen LogP contribution in [0.4, 0.5) is 0 Å². The van der Waals surface area contributed by atoms with Crippen molar-refractivity contribution in [2.75, 3.05) is 5.75 Å². The molecule has 0 spiro atoms. The highest BCUT2D eigenvalue weighted by molar-refractivity contribution is 7.99. The van der Waals surface area contributed by atoms with Crippen LogP contribution in [0.15, 0.2) is 5.16 Å². The van der Waals surface area contributed by atoms with Crippen molar-refractivity contribution in [2.24, 2.45) is 0 Å². The molecule has 0 radical (unpaired) electrons. The van der Waals surface area contributed by atoms with Gasteiger partial charge in [-0.3, -0.25) is 9.36 Å². The van der Waals surface area contributed by atoms with Gasteiger partial charge in [-0.1, -0.05) is 11.8 Å². The van der Waals surface area contributed by atoms with E-state index < -0.39 is 5.97 Å². The maximum absolute atomic E-state index is 10.8. The smallest absolute Gasteiger partial charge is 0.313 e. The van der Waals surface area contributed by atoms with Crippen molar-refractivity contribution < 1.29 is 9.90 Å². The predicted octanol–water partition coefficient (Wildman–Crippen LogP) is 2.95. The fourth-order valence-corrected chi connectivity index (χ4v) is 3.72. The SMILES string of the molecule is Cc1nc(C)c(-c2nnc(SCC(=O)O)n2C(C)(C)C)s1. The van der Waals surface area contributed by atoms with Gasteiger partial charge < -0.3 is 5.11 Å². The number of rotatable bonds is 4. The highest BCUT2D eigenvalue weighted by atomic mass is 32.2. The minimum absolute atomic E-state index is 0.0328. The largest absolute Gasteiger partial charge is 0.481 e. The van der Waals surface area contributed by atoms with Gasteiger partial charge in [0.25, 0.3) is 0 Å². The van der Waals surface area contributed by atoms with E-state index >= 15 is 0 Å². The molecule has 2 aromatic rings. The highest BCUT2D eigenvalue weighted by Crippen LogP contribution is 2.34. The van der Waals surface area contributed by atoms with Crippen molar-refractivity contribution in [1.82, 2.24) is 19.7 Å². The van der Waals surface area contributed by atoms with Crippen molar-refractivity contribution in [3.05, 3.63) is 10.7 Å². The lowest BCUT2D eigenvalue weighted by Gasteiger charge is -2.24. The molecule has 0 fully saturated rings. The molecular weight excluding hydrogens is 308 g/mol. The molecule has 21 heavy (non-hydrogen) atoms. The van der Waals surface area contributed by atoms with Gasteiger partial charge in [0.2, 0.25) is 0 Å². The van der Waals surface area contributed by atoms with Crippen molar-refractivity contribution in [2.45, 2.75) is 45.3 Å². The summed E-state index contributed by atoms with van der Waals surface area (Å²) in [7, 11) is 0. The van der Waals surface area contributed by atoms with E-state index in [4.69, 9.17) is 5.11 Å². The molecule has 0 aliphatic carbocycles.